The van der Waals surface area contributed by atoms with E-state index in [4.69, 9.17) is 4.52 Å². The molecular formula is C28H33N5O5S. The average molecular weight is 552 g/mol. The second-order valence-electron chi connectivity index (χ2n) is 9.34. The molecule has 0 saturated carbocycles. The molecule has 39 heavy (non-hydrogen) atoms. The summed E-state index contributed by atoms with van der Waals surface area (Å²) in [6, 6.07) is 17.1. The number of aryl methyl sites for hydroxylation is 1. The monoisotopic (exact) mass is 551 g/mol. The van der Waals surface area contributed by atoms with Gasteiger partial charge in [-0.15, -0.1) is 0 Å². The first-order valence-electron chi connectivity index (χ1n) is 12.8. The maximum atomic E-state index is 12.9. The topological polar surface area (TPSA) is 150 Å². The molecule has 0 aliphatic carbocycles. The first-order valence-corrected chi connectivity index (χ1v) is 14.3. The number of aliphatic hydroxyl groups is 2. The summed E-state index contributed by atoms with van der Waals surface area (Å²) in [4.78, 5) is 8.48. The first kappa shape index (κ1) is 28.4. The Bertz CT molecular complexity index is 1410. The van der Waals surface area contributed by atoms with E-state index in [9.17, 15) is 18.6 Å². The second-order valence-corrected chi connectivity index (χ2v) is 11.0. The summed E-state index contributed by atoms with van der Waals surface area (Å²) in [6.45, 7) is 2.82. The number of aliphatic hydroxyl groups excluding tert-OH is 2. The van der Waals surface area contributed by atoms with Crippen molar-refractivity contribution in [2.24, 2.45) is 0 Å². The van der Waals surface area contributed by atoms with Gasteiger partial charge in [0, 0.05) is 42.2 Å². The molecule has 2 atom stereocenters. The summed E-state index contributed by atoms with van der Waals surface area (Å²) >= 11 is 0. The van der Waals surface area contributed by atoms with Gasteiger partial charge in [0.05, 0.1) is 17.1 Å². The Hall–Kier alpha value is -3.64. The van der Waals surface area contributed by atoms with Crippen LogP contribution >= 0.6 is 0 Å². The molecule has 1 unspecified atom stereocenters. The highest BCUT2D eigenvalue weighted by Gasteiger charge is 2.16. The minimum atomic E-state index is -3.78. The van der Waals surface area contributed by atoms with E-state index in [-0.39, 0.29) is 11.0 Å². The molecule has 4 N–H and O–H groups in total. The number of nitrogens with one attached hydrogen (secondary N) is 2. The summed E-state index contributed by atoms with van der Waals surface area (Å²) in [5, 5.41) is 26.7. The van der Waals surface area contributed by atoms with Crippen LogP contribution < -0.4 is 10.0 Å². The van der Waals surface area contributed by atoms with Crippen LogP contribution in [0.1, 0.15) is 42.9 Å². The smallest absolute Gasteiger partial charge is 0.261 e. The third kappa shape index (κ3) is 8.42. The number of hydrogen-bond acceptors (Lipinski definition) is 9. The zero-order valence-electron chi connectivity index (χ0n) is 21.7. The van der Waals surface area contributed by atoms with Crippen molar-refractivity contribution in [1.29, 1.82) is 0 Å². The van der Waals surface area contributed by atoms with Crippen LogP contribution in [0.4, 0.5) is 5.69 Å². The number of anilines is 1. The fourth-order valence-electron chi connectivity index (χ4n) is 3.92. The Kier molecular flexibility index (Phi) is 9.77. The van der Waals surface area contributed by atoms with Gasteiger partial charge in [-0.1, -0.05) is 23.4 Å². The van der Waals surface area contributed by atoms with Gasteiger partial charge in [0.15, 0.2) is 0 Å². The van der Waals surface area contributed by atoms with E-state index >= 15 is 0 Å². The summed E-state index contributed by atoms with van der Waals surface area (Å²) in [6.07, 6.45) is 4.99. The Labute approximate surface area is 228 Å². The van der Waals surface area contributed by atoms with Gasteiger partial charge in [-0.25, -0.2) is 8.42 Å². The molecule has 0 saturated heterocycles. The SMILES string of the molecule is CC(O)CCCc1nc(-c2ccc(S(=O)(=O)Nc3ccc(CCNC[C@H](O)c4cccnc4)cc3)cc2)no1. The summed E-state index contributed by atoms with van der Waals surface area (Å²) in [7, 11) is -3.78. The molecule has 0 radical (unpaired) electrons. The van der Waals surface area contributed by atoms with Crippen LogP contribution in [0.2, 0.25) is 0 Å². The maximum absolute atomic E-state index is 12.9. The lowest BCUT2D eigenvalue weighted by Crippen LogP contribution is -2.23. The number of aromatic nitrogens is 3. The fraction of sp³-hybridized carbons (Fsp3) is 0.321. The lowest BCUT2D eigenvalue weighted by molar-refractivity contribution is 0.174. The van der Waals surface area contributed by atoms with E-state index in [1.807, 2.05) is 18.2 Å². The van der Waals surface area contributed by atoms with Gasteiger partial charge in [-0.2, -0.15) is 4.98 Å². The van der Waals surface area contributed by atoms with E-state index < -0.39 is 16.1 Å². The van der Waals surface area contributed by atoms with Crippen molar-refractivity contribution in [1.82, 2.24) is 20.4 Å². The summed E-state index contributed by atoms with van der Waals surface area (Å²) in [5.41, 5.74) is 2.91. The van der Waals surface area contributed by atoms with E-state index in [0.29, 0.717) is 48.9 Å². The molecule has 0 bridgehead atoms. The lowest BCUT2D eigenvalue weighted by atomic mass is 10.1. The van der Waals surface area contributed by atoms with Crippen molar-refractivity contribution in [3.8, 4) is 11.4 Å². The van der Waals surface area contributed by atoms with E-state index in [1.165, 1.54) is 12.1 Å². The Morgan fingerprint density at radius 3 is 2.46 bits per heavy atom. The van der Waals surface area contributed by atoms with E-state index in [0.717, 1.165) is 24.0 Å². The third-order valence-corrected chi connectivity index (χ3v) is 7.50. The number of pyridine rings is 1. The zero-order chi connectivity index (χ0) is 27.7. The van der Waals surface area contributed by atoms with Crippen LogP contribution in [0.25, 0.3) is 11.4 Å². The number of nitrogens with zero attached hydrogens (tertiary/aromatic N) is 3. The van der Waals surface area contributed by atoms with Crippen molar-refractivity contribution in [2.75, 3.05) is 17.8 Å². The molecule has 0 fully saturated rings. The van der Waals surface area contributed by atoms with Crippen molar-refractivity contribution < 1.29 is 23.2 Å². The fourth-order valence-corrected chi connectivity index (χ4v) is 4.98. The molecule has 0 spiro atoms. The molecule has 4 aromatic rings. The molecule has 0 aliphatic rings. The van der Waals surface area contributed by atoms with Crippen molar-refractivity contribution in [2.45, 2.75) is 49.7 Å². The molecular weight excluding hydrogens is 518 g/mol. The zero-order valence-corrected chi connectivity index (χ0v) is 22.5. The molecule has 0 amide bonds. The first-order chi connectivity index (χ1) is 18.8. The maximum Gasteiger partial charge on any atom is 0.261 e. The second kappa shape index (κ2) is 13.4. The standard InChI is InChI=1S/C28H33N5O5S/c1-20(34)4-2-6-27-31-28(32-38-27)22-9-13-25(14-10-22)39(36,37)33-24-11-7-21(8-12-24)15-17-30-19-26(35)23-5-3-16-29-18-23/h3,5,7-14,16,18,20,26,30,33-35H,2,4,6,15,17,19H2,1H3/t20?,26-/m0/s1. The molecule has 2 heterocycles. The van der Waals surface area contributed by atoms with E-state index in [1.54, 1.807) is 49.6 Å². The number of hydrogen-bond donors (Lipinski definition) is 4. The number of benzene rings is 2. The van der Waals surface area contributed by atoms with Gasteiger partial charge >= 0.3 is 0 Å². The minimum Gasteiger partial charge on any atom is -0.393 e. The van der Waals surface area contributed by atoms with Gasteiger partial charge in [-0.3, -0.25) is 9.71 Å². The normalized spacial score (nSPS) is 13.2. The molecule has 10 nitrogen and oxygen atoms in total. The number of rotatable bonds is 14. The van der Waals surface area contributed by atoms with Gasteiger partial charge in [0.25, 0.3) is 10.0 Å². The average Bonchev–Trinajstić information content (AvgIpc) is 3.41. The molecule has 206 valence electrons. The van der Waals surface area contributed by atoms with Gasteiger partial charge in [-0.05, 0) is 80.8 Å². The Morgan fingerprint density at radius 1 is 1.00 bits per heavy atom. The third-order valence-electron chi connectivity index (χ3n) is 6.11. The molecule has 4 rings (SSSR count). The van der Waals surface area contributed by atoms with Crippen molar-refractivity contribution in [3.05, 3.63) is 90.1 Å². The molecule has 2 aromatic heterocycles. The Morgan fingerprint density at radius 2 is 1.77 bits per heavy atom. The van der Waals surface area contributed by atoms with Crippen LogP contribution in [-0.2, 0) is 22.9 Å². The highest BCUT2D eigenvalue weighted by atomic mass is 32.2. The minimum absolute atomic E-state index is 0.118. The van der Waals surface area contributed by atoms with Crippen LogP contribution in [0, 0.1) is 0 Å². The van der Waals surface area contributed by atoms with E-state index in [2.05, 4.69) is 25.2 Å². The molecule has 2 aromatic carbocycles. The number of sulfonamides is 1. The lowest BCUT2D eigenvalue weighted by Gasteiger charge is -2.12. The van der Waals surface area contributed by atoms with Crippen molar-refractivity contribution in [3.63, 3.8) is 0 Å². The largest absolute Gasteiger partial charge is 0.393 e. The van der Waals surface area contributed by atoms with Crippen LogP contribution in [-0.4, -0.2) is 52.9 Å². The predicted molar refractivity (Wildman–Crippen MR) is 147 cm³/mol. The highest BCUT2D eigenvalue weighted by Crippen LogP contribution is 2.22. The predicted octanol–water partition coefficient (Wildman–Crippen LogP) is 3.50. The molecule has 0 aliphatic heterocycles. The summed E-state index contributed by atoms with van der Waals surface area (Å²) < 4.78 is 33.6. The van der Waals surface area contributed by atoms with Crippen LogP contribution in [0.3, 0.4) is 0 Å². The summed E-state index contributed by atoms with van der Waals surface area (Å²) in [5.74, 6) is 0.862. The molecule has 11 heteroatoms. The van der Waals surface area contributed by atoms with Crippen LogP contribution in [0.15, 0.2) is 82.5 Å². The van der Waals surface area contributed by atoms with Crippen molar-refractivity contribution >= 4 is 15.7 Å². The van der Waals surface area contributed by atoms with Gasteiger partial charge in [0.2, 0.25) is 11.7 Å². The Balaban J connectivity index is 1.26. The highest BCUT2D eigenvalue weighted by molar-refractivity contribution is 7.92. The quantitative estimate of drug-likeness (QED) is 0.173. The van der Waals surface area contributed by atoms with Gasteiger partial charge < -0.3 is 20.1 Å². The van der Waals surface area contributed by atoms with Crippen LogP contribution in [0.5, 0.6) is 0 Å². The van der Waals surface area contributed by atoms with Gasteiger partial charge in [0.1, 0.15) is 0 Å².